The van der Waals surface area contributed by atoms with E-state index >= 15 is 0 Å². The Hall–Kier alpha value is -3.47. The molecule has 34 heavy (non-hydrogen) atoms. The Morgan fingerprint density at radius 1 is 0.941 bits per heavy atom. The fraction of sp³-hybridized carbons (Fsp3) is 0. The van der Waals surface area contributed by atoms with E-state index in [9.17, 15) is 22.8 Å². The molecule has 0 saturated carbocycles. The molecule has 1 aliphatic rings. The van der Waals surface area contributed by atoms with Crippen molar-refractivity contribution in [2.24, 2.45) is 0 Å². The van der Waals surface area contributed by atoms with Gasteiger partial charge < -0.3 is 4.18 Å². The normalized spacial score (nSPS) is 15.4. The van der Waals surface area contributed by atoms with Gasteiger partial charge in [0.1, 0.15) is 16.2 Å². The molecule has 0 spiro atoms. The minimum Gasteiger partial charge on any atom is -0.378 e. The predicted octanol–water partition coefficient (Wildman–Crippen LogP) is 4.54. The van der Waals surface area contributed by atoms with E-state index in [0.29, 0.717) is 9.50 Å². The molecule has 1 N–H and O–H groups in total. The number of para-hydroxylation sites is 1. The summed E-state index contributed by atoms with van der Waals surface area (Å²) >= 11 is 9.10. The van der Waals surface area contributed by atoms with Crippen molar-refractivity contribution in [3.63, 3.8) is 0 Å². The maximum absolute atomic E-state index is 13.1. The number of carbonyl (C=O) groups is 3. The van der Waals surface area contributed by atoms with Crippen LogP contribution in [-0.4, -0.2) is 26.3 Å². The van der Waals surface area contributed by atoms with Crippen molar-refractivity contribution < 1.29 is 27.0 Å². The molecule has 0 atom stereocenters. The molecule has 0 bridgehead atoms. The highest BCUT2D eigenvalue weighted by Crippen LogP contribution is 2.30. The molecule has 172 valence electrons. The summed E-state index contributed by atoms with van der Waals surface area (Å²) in [6.45, 7) is 0. The van der Waals surface area contributed by atoms with Crippen LogP contribution in [0, 0.1) is 0 Å². The molecule has 11 heteroatoms. The van der Waals surface area contributed by atoms with Crippen molar-refractivity contribution in [3.8, 4) is 5.75 Å². The lowest BCUT2D eigenvalue weighted by Gasteiger charge is -2.26. The Balaban J connectivity index is 1.74. The number of carbonyl (C=O) groups excluding carboxylic acids is 3. The molecule has 1 aliphatic heterocycles. The zero-order valence-corrected chi connectivity index (χ0v) is 20.2. The van der Waals surface area contributed by atoms with Crippen LogP contribution in [0.3, 0.4) is 0 Å². The van der Waals surface area contributed by atoms with E-state index in [2.05, 4.69) is 21.2 Å². The van der Waals surface area contributed by atoms with Gasteiger partial charge in [0, 0.05) is 15.1 Å². The minimum absolute atomic E-state index is 0.118. The van der Waals surface area contributed by atoms with Crippen molar-refractivity contribution in [3.05, 3.63) is 93.4 Å². The highest BCUT2D eigenvalue weighted by molar-refractivity contribution is 9.10. The van der Waals surface area contributed by atoms with Gasteiger partial charge in [-0.15, -0.1) is 0 Å². The number of urea groups is 1. The molecule has 1 saturated heterocycles. The zero-order valence-electron chi connectivity index (χ0n) is 17.1. The van der Waals surface area contributed by atoms with Gasteiger partial charge in [0.05, 0.1) is 5.69 Å². The number of imide groups is 2. The van der Waals surface area contributed by atoms with Gasteiger partial charge in [-0.2, -0.15) is 8.42 Å². The van der Waals surface area contributed by atoms with E-state index in [0.717, 1.165) is 11.0 Å². The first-order valence-corrected chi connectivity index (χ1v) is 12.2. The number of benzene rings is 3. The summed E-state index contributed by atoms with van der Waals surface area (Å²) < 4.78 is 31.3. The summed E-state index contributed by atoms with van der Waals surface area (Å²) in [5.74, 6) is -1.92. The van der Waals surface area contributed by atoms with E-state index in [1.54, 1.807) is 18.2 Å². The monoisotopic (exact) mass is 560 g/mol. The van der Waals surface area contributed by atoms with Crippen molar-refractivity contribution in [2.75, 3.05) is 4.90 Å². The third-order valence-corrected chi connectivity index (χ3v) is 6.68. The molecule has 3 aromatic rings. The van der Waals surface area contributed by atoms with Crippen LogP contribution >= 0.6 is 27.5 Å². The maximum atomic E-state index is 13.1. The van der Waals surface area contributed by atoms with Crippen molar-refractivity contribution in [1.82, 2.24) is 5.32 Å². The lowest BCUT2D eigenvalue weighted by molar-refractivity contribution is -0.122. The molecule has 4 rings (SSSR count). The maximum Gasteiger partial charge on any atom is 0.339 e. The third kappa shape index (κ3) is 4.89. The van der Waals surface area contributed by atoms with Crippen LogP contribution in [0.15, 0.2) is 87.7 Å². The highest BCUT2D eigenvalue weighted by Gasteiger charge is 2.37. The Labute approximate surface area is 208 Å². The zero-order chi connectivity index (χ0) is 24.5. The average Bonchev–Trinajstić information content (AvgIpc) is 2.79. The second-order valence-corrected chi connectivity index (χ2v) is 9.87. The van der Waals surface area contributed by atoms with Crippen LogP contribution in [0.25, 0.3) is 6.08 Å². The van der Waals surface area contributed by atoms with E-state index in [4.69, 9.17) is 15.8 Å². The summed E-state index contributed by atoms with van der Waals surface area (Å²) in [5.41, 5.74) is 0.00231. The van der Waals surface area contributed by atoms with Crippen LogP contribution in [-0.2, 0) is 19.7 Å². The highest BCUT2D eigenvalue weighted by atomic mass is 79.9. The number of hydrogen-bond acceptors (Lipinski definition) is 6. The van der Waals surface area contributed by atoms with E-state index in [1.165, 1.54) is 54.6 Å². The van der Waals surface area contributed by atoms with Crippen LogP contribution in [0.5, 0.6) is 5.75 Å². The number of barbiturate groups is 1. The Morgan fingerprint density at radius 3 is 2.29 bits per heavy atom. The number of amides is 4. The number of nitrogens with zero attached hydrogens (tertiary/aromatic N) is 1. The topological polar surface area (TPSA) is 110 Å². The average molecular weight is 562 g/mol. The number of rotatable bonds is 5. The Morgan fingerprint density at radius 2 is 1.62 bits per heavy atom. The van der Waals surface area contributed by atoms with Crippen LogP contribution in [0.2, 0.25) is 5.02 Å². The van der Waals surface area contributed by atoms with Gasteiger partial charge in [-0.1, -0.05) is 45.7 Å². The number of halogens is 2. The molecule has 0 unspecified atom stereocenters. The van der Waals surface area contributed by atoms with Crippen molar-refractivity contribution >= 4 is 67.3 Å². The summed E-state index contributed by atoms with van der Waals surface area (Å²) in [4.78, 5) is 38.6. The SMILES string of the molecule is O=C1NC(=O)N(c2ccccc2)C(=O)/C1=C/c1cc(Br)ccc1OS(=O)(=O)c1ccc(Cl)cc1. The number of nitrogens with one attached hydrogen (secondary N) is 1. The van der Waals surface area contributed by atoms with Gasteiger partial charge in [0.2, 0.25) is 0 Å². The van der Waals surface area contributed by atoms with Crippen LogP contribution in [0.1, 0.15) is 5.56 Å². The van der Waals surface area contributed by atoms with Crippen LogP contribution < -0.4 is 14.4 Å². The molecular weight excluding hydrogens is 548 g/mol. The van der Waals surface area contributed by atoms with Gasteiger partial charge in [0.15, 0.2) is 0 Å². The fourth-order valence-electron chi connectivity index (χ4n) is 3.10. The van der Waals surface area contributed by atoms with Gasteiger partial charge in [0.25, 0.3) is 11.8 Å². The molecule has 0 aliphatic carbocycles. The van der Waals surface area contributed by atoms with Crippen molar-refractivity contribution in [2.45, 2.75) is 4.90 Å². The first kappa shape index (κ1) is 23.7. The summed E-state index contributed by atoms with van der Waals surface area (Å²) in [5, 5.41) is 2.47. The first-order valence-electron chi connectivity index (χ1n) is 9.62. The second kappa shape index (κ2) is 9.41. The van der Waals surface area contributed by atoms with Gasteiger partial charge in [-0.05, 0) is 60.7 Å². The molecular formula is C23H14BrClN2O6S. The third-order valence-electron chi connectivity index (χ3n) is 4.69. The standard InChI is InChI=1S/C23H14BrClN2O6S/c24-15-6-11-20(33-34(31,32)18-9-7-16(25)8-10-18)14(12-15)13-19-21(28)26-23(30)27(22(19)29)17-4-2-1-3-5-17/h1-13H,(H,26,28,30)/b19-13+. The van der Waals surface area contributed by atoms with Gasteiger partial charge in [-0.3, -0.25) is 14.9 Å². The minimum atomic E-state index is -4.25. The smallest absolute Gasteiger partial charge is 0.339 e. The predicted molar refractivity (Wildman–Crippen MR) is 129 cm³/mol. The second-order valence-electron chi connectivity index (χ2n) is 6.97. The van der Waals surface area contributed by atoms with Crippen molar-refractivity contribution in [1.29, 1.82) is 0 Å². The lowest BCUT2D eigenvalue weighted by Crippen LogP contribution is -2.54. The largest absolute Gasteiger partial charge is 0.378 e. The van der Waals surface area contributed by atoms with E-state index in [-0.39, 0.29) is 27.5 Å². The fourth-order valence-corrected chi connectivity index (χ4v) is 4.56. The van der Waals surface area contributed by atoms with E-state index in [1.807, 2.05) is 0 Å². The first-order chi connectivity index (χ1) is 16.2. The molecule has 1 fully saturated rings. The molecule has 0 radical (unpaired) electrons. The van der Waals surface area contributed by atoms with Gasteiger partial charge in [-0.25, -0.2) is 9.69 Å². The summed E-state index contributed by atoms with van der Waals surface area (Å²) in [7, 11) is -4.25. The quantitative estimate of drug-likeness (QED) is 0.278. The van der Waals surface area contributed by atoms with Crippen LogP contribution in [0.4, 0.5) is 10.5 Å². The van der Waals surface area contributed by atoms with E-state index < -0.39 is 28.0 Å². The number of anilines is 1. The molecule has 8 nitrogen and oxygen atoms in total. The lowest BCUT2D eigenvalue weighted by atomic mass is 10.1. The Bertz CT molecular complexity index is 1440. The van der Waals surface area contributed by atoms with Gasteiger partial charge >= 0.3 is 16.1 Å². The molecule has 4 amide bonds. The summed E-state index contributed by atoms with van der Waals surface area (Å²) in [6.07, 6.45) is 1.16. The summed E-state index contributed by atoms with van der Waals surface area (Å²) in [6, 6.07) is 16.9. The molecule has 1 heterocycles. The number of hydrogen-bond donors (Lipinski definition) is 1. The molecule has 0 aromatic heterocycles. The Kier molecular flexibility index (Phi) is 6.56. The molecule has 3 aromatic carbocycles.